The number of hydrogen-bond acceptors (Lipinski definition) is 3. The van der Waals surface area contributed by atoms with Crippen LogP contribution >= 0.6 is 27.3 Å². The van der Waals surface area contributed by atoms with E-state index in [1.54, 1.807) is 11.3 Å². The van der Waals surface area contributed by atoms with E-state index in [9.17, 15) is 4.79 Å². The van der Waals surface area contributed by atoms with Crippen molar-refractivity contribution in [3.05, 3.63) is 20.8 Å². The fourth-order valence-electron chi connectivity index (χ4n) is 1.09. The molecule has 3 N–H and O–H groups in total. The summed E-state index contributed by atoms with van der Waals surface area (Å²) in [5.41, 5.74) is 5.68. The summed E-state index contributed by atoms with van der Waals surface area (Å²) in [6.07, 6.45) is 1.24. The highest BCUT2D eigenvalue weighted by Gasteiger charge is 2.07. The number of thiophene rings is 1. The molecule has 1 rings (SSSR count). The van der Waals surface area contributed by atoms with Gasteiger partial charge in [-0.05, 0) is 28.4 Å². The number of nitrogens with one attached hydrogen (secondary N) is 1. The minimum absolute atomic E-state index is 0.0221. The summed E-state index contributed by atoms with van der Waals surface area (Å²) in [5, 5.41) is 4.85. The van der Waals surface area contributed by atoms with Gasteiger partial charge >= 0.3 is 0 Å². The van der Waals surface area contributed by atoms with Crippen LogP contribution in [0.25, 0.3) is 0 Å². The molecule has 0 spiro atoms. The summed E-state index contributed by atoms with van der Waals surface area (Å²) in [6.45, 7) is 2.57. The zero-order valence-corrected chi connectivity index (χ0v) is 11.0. The van der Waals surface area contributed by atoms with Gasteiger partial charge in [0.15, 0.2) is 0 Å². The maximum absolute atomic E-state index is 11.4. The minimum Gasteiger partial charge on any atom is -0.351 e. The first kappa shape index (κ1) is 12.7. The molecule has 1 unspecified atom stereocenters. The fraction of sp³-hybridized carbons (Fsp3) is 0.500. The number of nitrogens with two attached hydrogens (primary N) is 1. The highest BCUT2D eigenvalue weighted by Crippen LogP contribution is 2.19. The number of carbonyl (C=O) groups excluding carboxylic acids is 1. The van der Waals surface area contributed by atoms with Crippen molar-refractivity contribution < 1.29 is 4.79 Å². The molecule has 0 aliphatic heterocycles. The molecule has 3 nitrogen and oxygen atoms in total. The van der Waals surface area contributed by atoms with E-state index in [1.165, 1.54) is 0 Å². The number of amides is 1. The lowest BCUT2D eigenvalue weighted by Crippen LogP contribution is -2.30. The molecule has 0 fully saturated rings. The summed E-state index contributed by atoms with van der Waals surface area (Å²) >= 11 is 4.99. The summed E-state index contributed by atoms with van der Waals surface area (Å²) in [5.74, 6) is 0.0221. The van der Waals surface area contributed by atoms with E-state index in [4.69, 9.17) is 5.73 Å². The van der Waals surface area contributed by atoms with E-state index < -0.39 is 0 Å². The molecule has 1 atom stereocenters. The van der Waals surface area contributed by atoms with Crippen molar-refractivity contribution in [1.29, 1.82) is 0 Å². The molecule has 15 heavy (non-hydrogen) atoms. The van der Waals surface area contributed by atoms with Gasteiger partial charge in [-0.15, -0.1) is 11.3 Å². The van der Waals surface area contributed by atoms with Gasteiger partial charge in [-0.3, -0.25) is 4.79 Å². The Balaban J connectivity index is 2.28. The number of rotatable bonds is 5. The Kier molecular flexibility index (Phi) is 5.28. The summed E-state index contributed by atoms with van der Waals surface area (Å²) in [6, 6.07) is 1.98. The Morgan fingerprint density at radius 3 is 3.00 bits per heavy atom. The van der Waals surface area contributed by atoms with Gasteiger partial charge < -0.3 is 11.1 Å². The molecule has 5 heteroatoms. The van der Waals surface area contributed by atoms with E-state index in [1.807, 2.05) is 18.4 Å². The van der Waals surface area contributed by atoms with Crippen molar-refractivity contribution in [3.8, 4) is 0 Å². The highest BCUT2D eigenvalue weighted by atomic mass is 79.9. The molecule has 0 saturated heterocycles. The fourth-order valence-corrected chi connectivity index (χ4v) is 2.48. The summed E-state index contributed by atoms with van der Waals surface area (Å²) in [4.78, 5) is 12.5. The van der Waals surface area contributed by atoms with Crippen LogP contribution in [0, 0.1) is 0 Å². The van der Waals surface area contributed by atoms with Gasteiger partial charge in [0.05, 0.1) is 6.54 Å². The van der Waals surface area contributed by atoms with Crippen molar-refractivity contribution in [3.63, 3.8) is 0 Å². The predicted molar refractivity (Wildman–Crippen MR) is 66.7 cm³/mol. The highest BCUT2D eigenvalue weighted by molar-refractivity contribution is 9.10. The van der Waals surface area contributed by atoms with Crippen LogP contribution in [-0.4, -0.2) is 11.9 Å². The van der Waals surface area contributed by atoms with Gasteiger partial charge in [0.2, 0.25) is 5.91 Å². The zero-order chi connectivity index (χ0) is 11.3. The van der Waals surface area contributed by atoms with Crippen molar-refractivity contribution in [2.75, 3.05) is 0 Å². The molecule has 1 heterocycles. The van der Waals surface area contributed by atoms with Crippen LogP contribution in [-0.2, 0) is 11.3 Å². The molecule has 0 aliphatic carbocycles. The maximum Gasteiger partial charge on any atom is 0.221 e. The predicted octanol–water partition coefficient (Wildman–Crippen LogP) is 2.25. The standard InChI is InChI=1S/C10H15BrN2OS/c1-2-8(12)4-10(14)13-5-9-3-7(11)6-15-9/h3,6,8H,2,4-5,12H2,1H3,(H,13,14). The summed E-state index contributed by atoms with van der Waals surface area (Å²) < 4.78 is 1.06. The van der Waals surface area contributed by atoms with Crippen molar-refractivity contribution >= 4 is 33.2 Å². The van der Waals surface area contributed by atoms with Crippen molar-refractivity contribution in [1.82, 2.24) is 5.32 Å². The normalized spacial score (nSPS) is 12.5. The van der Waals surface area contributed by atoms with Crippen LogP contribution in [0.5, 0.6) is 0 Å². The third kappa shape index (κ3) is 4.77. The van der Waals surface area contributed by atoms with E-state index in [0.717, 1.165) is 15.8 Å². The number of carbonyl (C=O) groups is 1. The van der Waals surface area contributed by atoms with Crippen LogP contribution in [0.15, 0.2) is 15.9 Å². The van der Waals surface area contributed by atoms with Crippen molar-refractivity contribution in [2.45, 2.75) is 32.4 Å². The maximum atomic E-state index is 11.4. The van der Waals surface area contributed by atoms with Gasteiger partial charge in [0, 0.05) is 27.2 Å². The molecule has 0 bridgehead atoms. The lowest BCUT2D eigenvalue weighted by atomic mass is 10.1. The lowest BCUT2D eigenvalue weighted by molar-refractivity contribution is -0.121. The number of halogens is 1. The molecule has 1 amide bonds. The monoisotopic (exact) mass is 290 g/mol. The second-order valence-corrected chi connectivity index (χ2v) is 5.29. The average Bonchev–Trinajstić information content (AvgIpc) is 2.61. The Labute approximate surface area is 102 Å². The molecule has 0 saturated carbocycles. The molecule has 0 radical (unpaired) electrons. The number of hydrogen-bond donors (Lipinski definition) is 2. The van der Waals surface area contributed by atoms with Crippen LogP contribution < -0.4 is 11.1 Å². The average molecular weight is 291 g/mol. The van der Waals surface area contributed by atoms with Crippen LogP contribution in [0.1, 0.15) is 24.6 Å². The molecule has 1 aromatic rings. The van der Waals surface area contributed by atoms with Crippen LogP contribution in [0.4, 0.5) is 0 Å². The summed E-state index contributed by atoms with van der Waals surface area (Å²) in [7, 11) is 0. The quantitative estimate of drug-likeness (QED) is 0.874. The van der Waals surface area contributed by atoms with Gasteiger partial charge in [0.25, 0.3) is 0 Å². The van der Waals surface area contributed by atoms with Crippen LogP contribution in [0.2, 0.25) is 0 Å². The SMILES string of the molecule is CCC(N)CC(=O)NCc1cc(Br)cs1. The molecular formula is C10H15BrN2OS. The van der Waals surface area contributed by atoms with Crippen LogP contribution in [0.3, 0.4) is 0 Å². The van der Waals surface area contributed by atoms with E-state index in [-0.39, 0.29) is 11.9 Å². The Hall–Kier alpha value is -0.390. The first-order valence-electron chi connectivity index (χ1n) is 4.87. The molecule has 0 aliphatic rings. The largest absolute Gasteiger partial charge is 0.351 e. The van der Waals surface area contributed by atoms with E-state index in [0.29, 0.717) is 13.0 Å². The Morgan fingerprint density at radius 2 is 2.47 bits per heavy atom. The smallest absolute Gasteiger partial charge is 0.221 e. The van der Waals surface area contributed by atoms with Gasteiger partial charge in [-0.2, -0.15) is 0 Å². The topological polar surface area (TPSA) is 55.1 Å². The lowest BCUT2D eigenvalue weighted by Gasteiger charge is -2.08. The first-order valence-corrected chi connectivity index (χ1v) is 6.54. The second kappa shape index (κ2) is 6.25. The molecule has 0 aromatic carbocycles. The third-order valence-corrected chi connectivity index (χ3v) is 3.75. The Bertz CT molecular complexity index is 327. The van der Waals surface area contributed by atoms with E-state index >= 15 is 0 Å². The first-order chi connectivity index (χ1) is 7.11. The molecular weight excluding hydrogens is 276 g/mol. The minimum atomic E-state index is -0.0277. The van der Waals surface area contributed by atoms with E-state index in [2.05, 4.69) is 21.2 Å². The second-order valence-electron chi connectivity index (χ2n) is 3.38. The van der Waals surface area contributed by atoms with Crippen molar-refractivity contribution in [2.24, 2.45) is 5.73 Å². The molecule has 1 aromatic heterocycles. The third-order valence-electron chi connectivity index (χ3n) is 2.05. The zero-order valence-electron chi connectivity index (χ0n) is 8.63. The Morgan fingerprint density at radius 1 is 1.73 bits per heavy atom. The van der Waals surface area contributed by atoms with Gasteiger partial charge in [-0.1, -0.05) is 6.92 Å². The van der Waals surface area contributed by atoms with Gasteiger partial charge in [0.1, 0.15) is 0 Å². The van der Waals surface area contributed by atoms with Gasteiger partial charge in [-0.25, -0.2) is 0 Å². The molecule has 84 valence electrons.